The molecular formula is C17H21ClN4O. The fourth-order valence-corrected chi connectivity index (χ4v) is 2.35. The van der Waals surface area contributed by atoms with E-state index in [1.54, 1.807) is 19.4 Å². The van der Waals surface area contributed by atoms with E-state index in [1.165, 1.54) is 0 Å². The summed E-state index contributed by atoms with van der Waals surface area (Å²) in [5.41, 5.74) is 1.13. The van der Waals surface area contributed by atoms with E-state index in [2.05, 4.69) is 15.3 Å². The second-order valence-corrected chi connectivity index (χ2v) is 5.43. The average molecular weight is 333 g/mol. The first-order valence-electron chi connectivity index (χ1n) is 7.38. The Kier molecular flexibility index (Phi) is 6.69. The van der Waals surface area contributed by atoms with Gasteiger partial charge >= 0.3 is 0 Å². The van der Waals surface area contributed by atoms with Crippen LogP contribution in [0.15, 0.2) is 53.8 Å². The van der Waals surface area contributed by atoms with Gasteiger partial charge in [-0.25, -0.2) is 0 Å². The predicted molar refractivity (Wildman–Crippen MR) is 94.0 cm³/mol. The molecule has 5 nitrogen and oxygen atoms in total. The molecule has 0 bridgehead atoms. The fraction of sp³-hybridized carbons (Fsp3) is 0.294. The van der Waals surface area contributed by atoms with Crippen molar-refractivity contribution in [2.75, 3.05) is 27.2 Å². The van der Waals surface area contributed by atoms with Crippen molar-refractivity contribution in [2.24, 2.45) is 4.99 Å². The number of guanidine groups is 1. The minimum Gasteiger partial charge on any atom is -0.490 e. The first kappa shape index (κ1) is 17.1. The maximum absolute atomic E-state index is 6.02. The van der Waals surface area contributed by atoms with Crippen LogP contribution in [0.4, 0.5) is 0 Å². The summed E-state index contributed by atoms with van der Waals surface area (Å²) in [5.74, 6) is 1.57. The lowest BCUT2D eigenvalue weighted by Gasteiger charge is -2.22. The normalized spacial score (nSPS) is 11.2. The lowest BCUT2D eigenvalue weighted by Crippen LogP contribution is -2.40. The van der Waals surface area contributed by atoms with Crippen molar-refractivity contribution in [3.8, 4) is 5.75 Å². The van der Waals surface area contributed by atoms with Gasteiger partial charge in [-0.05, 0) is 29.8 Å². The van der Waals surface area contributed by atoms with Gasteiger partial charge < -0.3 is 15.0 Å². The van der Waals surface area contributed by atoms with Gasteiger partial charge in [0.1, 0.15) is 12.4 Å². The zero-order valence-electron chi connectivity index (χ0n) is 13.4. The molecule has 0 unspecified atom stereocenters. The summed E-state index contributed by atoms with van der Waals surface area (Å²) < 4.78 is 5.60. The quantitative estimate of drug-likeness (QED) is 0.502. The number of hydrogen-bond donors (Lipinski definition) is 1. The SMILES string of the molecule is CN=C(NCCOc1cccnc1)N(C)Cc1cccc(Cl)c1. The number of ether oxygens (including phenoxy) is 1. The van der Waals surface area contributed by atoms with E-state index in [0.717, 1.165) is 28.8 Å². The highest BCUT2D eigenvalue weighted by molar-refractivity contribution is 6.30. The van der Waals surface area contributed by atoms with Gasteiger partial charge in [-0.3, -0.25) is 9.98 Å². The molecule has 1 aromatic heterocycles. The Bertz CT molecular complexity index is 634. The molecule has 1 N–H and O–H groups in total. The average Bonchev–Trinajstić information content (AvgIpc) is 2.56. The number of rotatable bonds is 6. The van der Waals surface area contributed by atoms with Gasteiger partial charge in [-0.1, -0.05) is 23.7 Å². The highest BCUT2D eigenvalue weighted by Crippen LogP contribution is 2.12. The van der Waals surface area contributed by atoms with E-state index in [9.17, 15) is 0 Å². The summed E-state index contributed by atoms with van der Waals surface area (Å²) >= 11 is 6.02. The molecule has 0 atom stereocenters. The van der Waals surface area contributed by atoms with Gasteiger partial charge in [-0.2, -0.15) is 0 Å². The number of benzene rings is 1. The molecule has 2 rings (SSSR count). The minimum atomic E-state index is 0.537. The maximum atomic E-state index is 6.02. The van der Waals surface area contributed by atoms with E-state index in [-0.39, 0.29) is 0 Å². The van der Waals surface area contributed by atoms with E-state index >= 15 is 0 Å². The zero-order chi connectivity index (χ0) is 16.5. The van der Waals surface area contributed by atoms with Crippen molar-refractivity contribution in [3.05, 3.63) is 59.4 Å². The number of aliphatic imine (C=N–C) groups is 1. The number of nitrogens with zero attached hydrogens (tertiary/aromatic N) is 3. The number of pyridine rings is 1. The maximum Gasteiger partial charge on any atom is 0.193 e. The van der Waals surface area contributed by atoms with Crippen LogP contribution in [0, 0.1) is 0 Å². The highest BCUT2D eigenvalue weighted by Gasteiger charge is 2.06. The second kappa shape index (κ2) is 9.00. The van der Waals surface area contributed by atoms with Crippen molar-refractivity contribution in [1.82, 2.24) is 15.2 Å². The largest absolute Gasteiger partial charge is 0.490 e. The third kappa shape index (κ3) is 5.79. The predicted octanol–water partition coefficient (Wildman–Crippen LogP) is 2.82. The smallest absolute Gasteiger partial charge is 0.193 e. The van der Waals surface area contributed by atoms with Crippen molar-refractivity contribution in [2.45, 2.75) is 6.54 Å². The zero-order valence-corrected chi connectivity index (χ0v) is 14.1. The van der Waals surface area contributed by atoms with Crippen molar-refractivity contribution in [1.29, 1.82) is 0 Å². The second-order valence-electron chi connectivity index (χ2n) is 5.00. The van der Waals surface area contributed by atoms with Crippen LogP contribution in [0.25, 0.3) is 0 Å². The Morgan fingerprint density at radius 3 is 2.91 bits per heavy atom. The van der Waals surface area contributed by atoms with Crippen LogP contribution in [0.2, 0.25) is 5.02 Å². The Labute approximate surface area is 142 Å². The van der Waals surface area contributed by atoms with E-state index in [1.807, 2.05) is 48.3 Å². The highest BCUT2D eigenvalue weighted by atomic mass is 35.5. The Balaban J connectivity index is 1.78. The van der Waals surface area contributed by atoms with Crippen LogP contribution in [-0.2, 0) is 6.54 Å². The van der Waals surface area contributed by atoms with Gasteiger partial charge in [0.25, 0.3) is 0 Å². The first-order valence-corrected chi connectivity index (χ1v) is 7.76. The van der Waals surface area contributed by atoms with Crippen LogP contribution >= 0.6 is 11.6 Å². The van der Waals surface area contributed by atoms with Gasteiger partial charge in [0.2, 0.25) is 0 Å². The summed E-state index contributed by atoms with van der Waals surface area (Å²) in [5, 5.41) is 4.01. The molecule has 0 saturated carbocycles. The standard InChI is InChI=1S/C17H21ClN4O/c1-19-17(21-9-10-23-16-7-4-8-20-12-16)22(2)13-14-5-3-6-15(18)11-14/h3-8,11-12H,9-10,13H2,1-2H3,(H,19,21). The molecule has 0 aliphatic heterocycles. The number of hydrogen-bond acceptors (Lipinski definition) is 3. The van der Waals surface area contributed by atoms with Gasteiger partial charge in [0.05, 0.1) is 12.7 Å². The fourth-order valence-electron chi connectivity index (χ4n) is 2.13. The molecule has 0 radical (unpaired) electrons. The number of aromatic nitrogens is 1. The lowest BCUT2D eigenvalue weighted by atomic mass is 10.2. The van der Waals surface area contributed by atoms with Crippen molar-refractivity contribution < 1.29 is 4.74 Å². The van der Waals surface area contributed by atoms with Crippen LogP contribution < -0.4 is 10.1 Å². The Hall–Kier alpha value is -2.27. The van der Waals surface area contributed by atoms with Crippen LogP contribution in [0.3, 0.4) is 0 Å². The molecule has 0 spiro atoms. The van der Waals surface area contributed by atoms with E-state index in [0.29, 0.717) is 13.2 Å². The summed E-state index contributed by atoms with van der Waals surface area (Å²) in [4.78, 5) is 10.3. The molecule has 2 aromatic rings. The molecular weight excluding hydrogens is 312 g/mol. The Morgan fingerprint density at radius 2 is 2.22 bits per heavy atom. The summed E-state index contributed by atoms with van der Waals surface area (Å²) in [6.45, 7) is 1.92. The lowest BCUT2D eigenvalue weighted by molar-refractivity contribution is 0.318. The van der Waals surface area contributed by atoms with Crippen molar-refractivity contribution >= 4 is 17.6 Å². The molecule has 0 aliphatic rings. The summed E-state index contributed by atoms with van der Waals surface area (Å²) in [7, 11) is 3.75. The van der Waals surface area contributed by atoms with Crippen LogP contribution in [-0.4, -0.2) is 43.1 Å². The summed E-state index contributed by atoms with van der Waals surface area (Å²) in [6.07, 6.45) is 3.41. The molecule has 0 amide bonds. The van der Waals surface area contributed by atoms with E-state index in [4.69, 9.17) is 16.3 Å². The van der Waals surface area contributed by atoms with Crippen LogP contribution in [0.1, 0.15) is 5.56 Å². The molecule has 122 valence electrons. The molecule has 0 fully saturated rings. The summed E-state index contributed by atoms with van der Waals surface area (Å²) in [6, 6.07) is 11.5. The number of nitrogens with one attached hydrogen (secondary N) is 1. The molecule has 1 aromatic carbocycles. The minimum absolute atomic E-state index is 0.537. The molecule has 0 saturated heterocycles. The molecule has 23 heavy (non-hydrogen) atoms. The monoisotopic (exact) mass is 332 g/mol. The Morgan fingerprint density at radius 1 is 1.35 bits per heavy atom. The third-order valence-electron chi connectivity index (χ3n) is 3.17. The number of halogens is 1. The van der Waals surface area contributed by atoms with Crippen LogP contribution in [0.5, 0.6) is 5.75 Å². The van der Waals surface area contributed by atoms with Crippen molar-refractivity contribution in [3.63, 3.8) is 0 Å². The topological polar surface area (TPSA) is 49.8 Å². The first-order chi connectivity index (χ1) is 11.2. The third-order valence-corrected chi connectivity index (χ3v) is 3.41. The van der Waals surface area contributed by atoms with Gasteiger partial charge in [0, 0.05) is 31.9 Å². The molecule has 6 heteroatoms. The van der Waals surface area contributed by atoms with E-state index < -0.39 is 0 Å². The molecule has 1 heterocycles. The van der Waals surface area contributed by atoms with Gasteiger partial charge in [0.15, 0.2) is 5.96 Å². The van der Waals surface area contributed by atoms with Gasteiger partial charge in [-0.15, -0.1) is 0 Å². The molecule has 0 aliphatic carbocycles.